The lowest BCUT2D eigenvalue weighted by Gasteiger charge is -2.06. The molecule has 0 bridgehead atoms. The van der Waals surface area contributed by atoms with Crippen LogP contribution in [0, 0.1) is 0 Å². The van der Waals surface area contributed by atoms with Gasteiger partial charge in [-0.05, 0) is 12.1 Å². The van der Waals surface area contributed by atoms with Gasteiger partial charge in [0.05, 0.1) is 5.52 Å². The number of hydrogen-bond donors (Lipinski definition) is 2. The Bertz CT molecular complexity index is 703. The van der Waals surface area contributed by atoms with E-state index in [9.17, 15) is 0 Å². The molecule has 3 N–H and O–H groups in total. The van der Waals surface area contributed by atoms with Gasteiger partial charge in [-0.2, -0.15) is 10.1 Å². The summed E-state index contributed by atoms with van der Waals surface area (Å²) in [7, 11) is 1.86. The Morgan fingerprint density at radius 1 is 1.17 bits per heavy atom. The van der Waals surface area contributed by atoms with Gasteiger partial charge in [0.2, 0.25) is 5.95 Å². The third-order valence-corrected chi connectivity index (χ3v) is 2.58. The minimum atomic E-state index is 0.243. The predicted octanol–water partition coefficient (Wildman–Crippen LogP) is 1.69. The number of para-hydroxylation sites is 1. The van der Waals surface area contributed by atoms with Crippen LogP contribution in [0.5, 0.6) is 0 Å². The lowest BCUT2D eigenvalue weighted by atomic mass is 10.2. The summed E-state index contributed by atoms with van der Waals surface area (Å²) in [5.41, 5.74) is 6.50. The molecule has 0 fully saturated rings. The second-order valence-corrected chi connectivity index (χ2v) is 3.95. The van der Waals surface area contributed by atoms with Crippen LogP contribution < -0.4 is 11.1 Å². The summed E-state index contributed by atoms with van der Waals surface area (Å²) in [6.07, 6.45) is 1.86. The van der Waals surface area contributed by atoms with Crippen molar-refractivity contribution in [1.82, 2.24) is 19.7 Å². The molecule has 18 heavy (non-hydrogen) atoms. The molecule has 0 saturated heterocycles. The molecule has 2 aromatic heterocycles. The van der Waals surface area contributed by atoms with E-state index in [1.807, 2.05) is 43.6 Å². The van der Waals surface area contributed by atoms with Crippen molar-refractivity contribution >= 4 is 28.5 Å². The fourth-order valence-corrected chi connectivity index (χ4v) is 1.79. The van der Waals surface area contributed by atoms with Crippen LogP contribution in [0.1, 0.15) is 0 Å². The number of nitrogens with one attached hydrogen (secondary N) is 1. The van der Waals surface area contributed by atoms with Gasteiger partial charge in [0, 0.05) is 24.7 Å². The molecule has 0 unspecified atom stereocenters. The van der Waals surface area contributed by atoms with Crippen LogP contribution in [0.4, 0.5) is 17.6 Å². The number of rotatable bonds is 2. The molecule has 0 saturated carbocycles. The zero-order valence-electron chi connectivity index (χ0n) is 9.83. The molecule has 0 radical (unpaired) electrons. The van der Waals surface area contributed by atoms with Crippen molar-refractivity contribution in [3.05, 3.63) is 36.5 Å². The van der Waals surface area contributed by atoms with Gasteiger partial charge in [-0.3, -0.25) is 4.68 Å². The summed E-state index contributed by atoms with van der Waals surface area (Å²) < 4.78 is 1.72. The minimum absolute atomic E-state index is 0.243. The maximum Gasteiger partial charge on any atom is 0.222 e. The molecule has 3 rings (SSSR count). The van der Waals surface area contributed by atoms with E-state index in [1.165, 1.54) is 0 Å². The quantitative estimate of drug-likeness (QED) is 0.712. The Balaban J connectivity index is 2.10. The van der Waals surface area contributed by atoms with Crippen molar-refractivity contribution in [3.63, 3.8) is 0 Å². The maximum absolute atomic E-state index is 5.70. The van der Waals surface area contributed by atoms with Crippen LogP contribution >= 0.6 is 0 Å². The largest absolute Gasteiger partial charge is 0.368 e. The number of nitrogen functional groups attached to an aromatic ring is 1. The molecule has 0 atom stereocenters. The van der Waals surface area contributed by atoms with E-state index in [0.717, 1.165) is 16.7 Å². The molecule has 6 nitrogen and oxygen atoms in total. The number of aryl methyl sites for hydroxylation is 1. The van der Waals surface area contributed by atoms with Crippen molar-refractivity contribution in [2.45, 2.75) is 0 Å². The lowest BCUT2D eigenvalue weighted by Crippen LogP contribution is -2.02. The van der Waals surface area contributed by atoms with Crippen molar-refractivity contribution in [2.75, 3.05) is 11.1 Å². The number of nitrogens with two attached hydrogens (primary N) is 1. The van der Waals surface area contributed by atoms with E-state index in [4.69, 9.17) is 5.73 Å². The van der Waals surface area contributed by atoms with E-state index in [-0.39, 0.29) is 5.95 Å². The Morgan fingerprint density at radius 2 is 2.00 bits per heavy atom. The van der Waals surface area contributed by atoms with Gasteiger partial charge in [-0.1, -0.05) is 12.1 Å². The average Bonchev–Trinajstić information content (AvgIpc) is 2.74. The molecule has 0 aliphatic rings. The summed E-state index contributed by atoms with van der Waals surface area (Å²) in [5, 5.41) is 8.31. The number of fused-ring (bicyclic) bond motifs is 1. The van der Waals surface area contributed by atoms with Crippen molar-refractivity contribution < 1.29 is 0 Å². The number of benzene rings is 1. The fraction of sp³-hybridized carbons (Fsp3) is 0.0833. The SMILES string of the molecule is Cn1ccc(Nc2nc(N)nc3ccccc23)n1. The molecule has 0 aliphatic carbocycles. The van der Waals surface area contributed by atoms with Crippen molar-refractivity contribution in [3.8, 4) is 0 Å². The van der Waals surface area contributed by atoms with Gasteiger partial charge < -0.3 is 11.1 Å². The van der Waals surface area contributed by atoms with Gasteiger partial charge >= 0.3 is 0 Å². The molecular formula is C12H12N6. The maximum atomic E-state index is 5.70. The first-order valence-electron chi connectivity index (χ1n) is 5.51. The predicted molar refractivity (Wildman–Crippen MR) is 70.4 cm³/mol. The Kier molecular flexibility index (Phi) is 2.33. The summed E-state index contributed by atoms with van der Waals surface area (Å²) >= 11 is 0. The number of anilines is 3. The third-order valence-electron chi connectivity index (χ3n) is 2.58. The van der Waals surface area contributed by atoms with Crippen molar-refractivity contribution in [2.24, 2.45) is 7.05 Å². The molecule has 90 valence electrons. The zero-order chi connectivity index (χ0) is 12.5. The monoisotopic (exact) mass is 240 g/mol. The highest BCUT2D eigenvalue weighted by Crippen LogP contribution is 2.23. The average molecular weight is 240 g/mol. The first kappa shape index (κ1) is 10.5. The fourth-order valence-electron chi connectivity index (χ4n) is 1.79. The van der Waals surface area contributed by atoms with Crippen molar-refractivity contribution in [1.29, 1.82) is 0 Å². The van der Waals surface area contributed by atoms with Gasteiger partial charge in [0.15, 0.2) is 5.82 Å². The highest BCUT2D eigenvalue weighted by atomic mass is 15.3. The van der Waals surface area contributed by atoms with Gasteiger partial charge in [0.1, 0.15) is 5.82 Å². The molecule has 0 aliphatic heterocycles. The highest BCUT2D eigenvalue weighted by molar-refractivity contribution is 5.91. The van der Waals surface area contributed by atoms with Crippen LogP contribution in [0.3, 0.4) is 0 Å². The molecule has 0 spiro atoms. The van der Waals surface area contributed by atoms with Gasteiger partial charge in [-0.25, -0.2) is 4.98 Å². The van der Waals surface area contributed by atoms with Gasteiger partial charge in [-0.15, -0.1) is 0 Å². The number of hydrogen-bond acceptors (Lipinski definition) is 5. The minimum Gasteiger partial charge on any atom is -0.368 e. The van der Waals surface area contributed by atoms with Crippen LogP contribution in [-0.4, -0.2) is 19.7 Å². The van der Waals surface area contributed by atoms with E-state index in [2.05, 4.69) is 20.4 Å². The Hall–Kier alpha value is -2.63. The molecule has 2 heterocycles. The molecule has 3 aromatic rings. The van der Waals surface area contributed by atoms with Crippen LogP contribution in [0.25, 0.3) is 10.9 Å². The summed E-state index contributed by atoms with van der Waals surface area (Å²) in [5.74, 6) is 1.63. The number of nitrogens with zero attached hydrogens (tertiary/aromatic N) is 4. The second-order valence-electron chi connectivity index (χ2n) is 3.95. The standard InChI is InChI=1S/C12H12N6/c1-18-7-6-10(17-18)15-11-8-4-2-3-5-9(8)14-12(13)16-11/h2-7H,1H3,(H3,13,14,15,16,17). The molecular weight excluding hydrogens is 228 g/mol. The summed E-state index contributed by atoms with van der Waals surface area (Å²) in [6.45, 7) is 0. The Labute approximate surface area is 103 Å². The Morgan fingerprint density at radius 3 is 2.78 bits per heavy atom. The highest BCUT2D eigenvalue weighted by Gasteiger charge is 2.06. The van der Waals surface area contributed by atoms with E-state index < -0.39 is 0 Å². The van der Waals surface area contributed by atoms with E-state index >= 15 is 0 Å². The molecule has 0 amide bonds. The molecule has 6 heteroatoms. The summed E-state index contributed by atoms with van der Waals surface area (Å²) in [4.78, 5) is 8.40. The number of aromatic nitrogens is 4. The third kappa shape index (κ3) is 1.84. The second kappa shape index (κ2) is 3.99. The smallest absolute Gasteiger partial charge is 0.222 e. The van der Waals surface area contributed by atoms with Crippen LogP contribution in [0.15, 0.2) is 36.5 Å². The normalized spacial score (nSPS) is 10.7. The van der Waals surface area contributed by atoms with E-state index in [1.54, 1.807) is 4.68 Å². The lowest BCUT2D eigenvalue weighted by molar-refractivity contribution is 0.771. The zero-order valence-corrected chi connectivity index (χ0v) is 9.83. The van der Waals surface area contributed by atoms with Gasteiger partial charge in [0.25, 0.3) is 0 Å². The topological polar surface area (TPSA) is 81.7 Å². The molecule has 1 aromatic carbocycles. The first-order chi connectivity index (χ1) is 8.72. The van der Waals surface area contributed by atoms with E-state index in [0.29, 0.717) is 5.82 Å². The van der Waals surface area contributed by atoms with Crippen LogP contribution in [0.2, 0.25) is 0 Å². The van der Waals surface area contributed by atoms with Crippen LogP contribution in [-0.2, 0) is 7.05 Å². The summed E-state index contributed by atoms with van der Waals surface area (Å²) in [6, 6.07) is 9.56. The first-order valence-corrected chi connectivity index (χ1v) is 5.51.